The third-order valence-corrected chi connectivity index (χ3v) is 2.51. The molecule has 7 heteroatoms. The predicted molar refractivity (Wildman–Crippen MR) is 70.4 cm³/mol. The second kappa shape index (κ2) is 6.29. The van der Waals surface area contributed by atoms with Crippen molar-refractivity contribution in [2.45, 2.75) is 0 Å². The molecule has 0 unspecified atom stereocenters. The summed E-state index contributed by atoms with van der Waals surface area (Å²) in [5, 5.41) is 0.119. The number of rotatable bonds is 4. The quantitative estimate of drug-likeness (QED) is 0.634. The molecule has 0 atom stereocenters. The molecule has 19 heavy (non-hydrogen) atoms. The first-order chi connectivity index (χ1) is 9.16. The highest BCUT2D eigenvalue weighted by atomic mass is 35.5. The van der Waals surface area contributed by atoms with E-state index in [1.165, 1.54) is 18.5 Å². The van der Waals surface area contributed by atoms with Crippen LogP contribution in [0.3, 0.4) is 0 Å². The fourth-order valence-electron chi connectivity index (χ4n) is 1.44. The first-order valence-electron chi connectivity index (χ1n) is 5.35. The zero-order valence-electron chi connectivity index (χ0n) is 9.63. The molecule has 0 aliphatic carbocycles. The lowest BCUT2D eigenvalue weighted by atomic mass is 10.1. The molecule has 2 rings (SSSR count). The molecule has 1 aromatic carbocycles. The van der Waals surface area contributed by atoms with Crippen molar-refractivity contribution in [2.75, 3.05) is 0 Å². The standard InChI is InChI=1S/C12H8BClF2N2O/c14-12-10(17-6-7-18-12)8-11(19-13(15)16)9-4-2-1-3-5-9/h1-8H/b11-8-. The maximum absolute atomic E-state index is 12.4. The zero-order valence-corrected chi connectivity index (χ0v) is 10.4. The Labute approximate surface area is 114 Å². The van der Waals surface area contributed by atoms with Crippen molar-refractivity contribution in [3.05, 3.63) is 59.1 Å². The molecule has 0 radical (unpaired) electrons. The molecule has 1 aromatic heterocycles. The van der Waals surface area contributed by atoms with E-state index in [0.29, 0.717) is 5.56 Å². The number of hydrogen-bond donors (Lipinski definition) is 0. The summed E-state index contributed by atoms with van der Waals surface area (Å²) in [7, 11) is -2.93. The summed E-state index contributed by atoms with van der Waals surface area (Å²) in [4.78, 5) is 7.78. The van der Waals surface area contributed by atoms with E-state index in [2.05, 4.69) is 14.6 Å². The summed E-state index contributed by atoms with van der Waals surface area (Å²) in [6.07, 6.45) is 4.16. The molecule has 1 heterocycles. The summed E-state index contributed by atoms with van der Waals surface area (Å²) in [6.45, 7) is 0. The molecule has 0 saturated carbocycles. The van der Waals surface area contributed by atoms with Crippen molar-refractivity contribution < 1.29 is 13.3 Å². The first-order valence-corrected chi connectivity index (χ1v) is 5.73. The lowest BCUT2D eigenvalue weighted by molar-refractivity contribution is 0.398. The van der Waals surface area contributed by atoms with E-state index in [-0.39, 0.29) is 16.6 Å². The average molecular weight is 280 g/mol. The minimum Gasteiger partial charge on any atom is -0.505 e. The molecule has 96 valence electrons. The highest BCUT2D eigenvalue weighted by Gasteiger charge is 2.20. The molecular formula is C12H8BClF2N2O. The van der Waals surface area contributed by atoms with Gasteiger partial charge in [0.05, 0.1) is 0 Å². The van der Waals surface area contributed by atoms with Crippen molar-refractivity contribution in [1.29, 1.82) is 0 Å². The van der Waals surface area contributed by atoms with Crippen molar-refractivity contribution in [3.8, 4) is 0 Å². The Morgan fingerprint density at radius 1 is 1.16 bits per heavy atom. The Morgan fingerprint density at radius 3 is 2.47 bits per heavy atom. The van der Waals surface area contributed by atoms with Crippen LogP contribution in [0.5, 0.6) is 0 Å². The van der Waals surface area contributed by atoms with E-state index < -0.39 is 7.47 Å². The summed E-state index contributed by atoms with van der Waals surface area (Å²) in [6, 6.07) is 8.52. The van der Waals surface area contributed by atoms with Crippen LogP contribution in [0.25, 0.3) is 11.8 Å². The van der Waals surface area contributed by atoms with Gasteiger partial charge in [0, 0.05) is 24.0 Å². The van der Waals surface area contributed by atoms with E-state index in [1.807, 2.05) is 0 Å². The molecule has 0 aliphatic rings. The Balaban J connectivity index is 2.41. The number of hydrogen-bond acceptors (Lipinski definition) is 3. The lowest BCUT2D eigenvalue weighted by Gasteiger charge is -2.08. The van der Waals surface area contributed by atoms with Crippen LogP contribution in [0.4, 0.5) is 8.63 Å². The fraction of sp³-hybridized carbons (Fsp3) is 0. The maximum Gasteiger partial charge on any atom is 0.796 e. The summed E-state index contributed by atoms with van der Waals surface area (Å²) >= 11 is 5.83. The molecule has 0 aliphatic heterocycles. The van der Waals surface area contributed by atoms with Gasteiger partial charge in [0.2, 0.25) is 0 Å². The van der Waals surface area contributed by atoms with Gasteiger partial charge in [0.1, 0.15) is 11.5 Å². The Hall–Kier alpha value is -1.95. The topological polar surface area (TPSA) is 35.0 Å². The number of halogens is 3. The van der Waals surface area contributed by atoms with Gasteiger partial charge in [-0.05, 0) is 0 Å². The Bertz CT molecular complexity index is 581. The van der Waals surface area contributed by atoms with E-state index >= 15 is 0 Å². The second-order valence-electron chi connectivity index (χ2n) is 3.49. The molecule has 0 bridgehead atoms. The van der Waals surface area contributed by atoms with Crippen LogP contribution in [0, 0.1) is 0 Å². The van der Waals surface area contributed by atoms with Gasteiger partial charge in [-0.2, -0.15) is 0 Å². The van der Waals surface area contributed by atoms with E-state index in [4.69, 9.17) is 11.6 Å². The number of aromatic nitrogens is 2. The zero-order chi connectivity index (χ0) is 13.7. The minimum absolute atomic E-state index is 0.0157. The summed E-state index contributed by atoms with van der Waals surface area (Å²) < 4.78 is 29.4. The van der Waals surface area contributed by atoms with Crippen LogP contribution in [0.2, 0.25) is 5.15 Å². The highest BCUT2D eigenvalue weighted by molar-refractivity contribution is 6.36. The Morgan fingerprint density at radius 2 is 1.84 bits per heavy atom. The van der Waals surface area contributed by atoms with Crippen LogP contribution < -0.4 is 0 Å². The van der Waals surface area contributed by atoms with Crippen LogP contribution in [-0.4, -0.2) is 17.4 Å². The van der Waals surface area contributed by atoms with Gasteiger partial charge in [-0.25, -0.2) is 13.6 Å². The van der Waals surface area contributed by atoms with E-state index in [0.717, 1.165) is 0 Å². The van der Waals surface area contributed by atoms with Gasteiger partial charge in [0.25, 0.3) is 0 Å². The average Bonchev–Trinajstić information content (AvgIpc) is 2.41. The van der Waals surface area contributed by atoms with Crippen molar-refractivity contribution >= 4 is 30.9 Å². The normalized spacial score (nSPS) is 11.2. The van der Waals surface area contributed by atoms with Gasteiger partial charge < -0.3 is 4.65 Å². The van der Waals surface area contributed by atoms with Crippen molar-refractivity contribution in [1.82, 2.24) is 9.97 Å². The third kappa shape index (κ3) is 3.76. The maximum atomic E-state index is 12.4. The smallest absolute Gasteiger partial charge is 0.505 e. The summed E-state index contributed by atoms with van der Waals surface area (Å²) in [5.41, 5.74) is 0.771. The monoisotopic (exact) mass is 280 g/mol. The lowest BCUT2D eigenvalue weighted by Crippen LogP contribution is -2.04. The van der Waals surface area contributed by atoms with Gasteiger partial charge in [-0.3, -0.25) is 4.98 Å². The largest absolute Gasteiger partial charge is 0.796 e. The summed E-state index contributed by atoms with van der Waals surface area (Å²) in [5.74, 6) is -0.0157. The highest BCUT2D eigenvalue weighted by Crippen LogP contribution is 2.22. The van der Waals surface area contributed by atoms with Crippen molar-refractivity contribution in [2.24, 2.45) is 0 Å². The van der Waals surface area contributed by atoms with Crippen LogP contribution >= 0.6 is 11.6 Å². The molecular weight excluding hydrogens is 272 g/mol. The molecule has 0 saturated heterocycles. The van der Waals surface area contributed by atoms with Gasteiger partial charge >= 0.3 is 7.47 Å². The Kier molecular flexibility index (Phi) is 4.46. The first kappa shape index (κ1) is 13.5. The fourth-order valence-corrected chi connectivity index (χ4v) is 1.60. The van der Waals surface area contributed by atoms with E-state index in [9.17, 15) is 8.63 Å². The number of benzene rings is 1. The second-order valence-corrected chi connectivity index (χ2v) is 3.84. The van der Waals surface area contributed by atoms with Gasteiger partial charge in [0.15, 0.2) is 5.15 Å². The SMILES string of the molecule is FB(F)O/C(=C\c1nccnc1Cl)c1ccccc1. The number of nitrogens with zero attached hydrogens (tertiary/aromatic N) is 2. The van der Waals surface area contributed by atoms with E-state index in [1.54, 1.807) is 30.3 Å². The van der Waals surface area contributed by atoms with Gasteiger partial charge in [-0.1, -0.05) is 41.9 Å². The molecule has 0 amide bonds. The molecule has 0 N–H and O–H groups in total. The minimum atomic E-state index is -2.93. The van der Waals surface area contributed by atoms with Crippen LogP contribution in [-0.2, 0) is 4.65 Å². The van der Waals surface area contributed by atoms with Crippen LogP contribution in [0.15, 0.2) is 42.7 Å². The van der Waals surface area contributed by atoms with Crippen molar-refractivity contribution in [3.63, 3.8) is 0 Å². The van der Waals surface area contributed by atoms with Gasteiger partial charge in [-0.15, -0.1) is 0 Å². The molecule has 3 nitrogen and oxygen atoms in total. The predicted octanol–water partition coefficient (Wildman–Crippen LogP) is 3.57. The molecule has 2 aromatic rings. The van der Waals surface area contributed by atoms with Crippen LogP contribution in [0.1, 0.15) is 11.3 Å². The molecule has 0 fully saturated rings. The molecule has 0 spiro atoms. The third-order valence-electron chi connectivity index (χ3n) is 2.22.